The van der Waals surface area contributed by atoms with Gasteiger partial charge >= 0.3 is 0 Å². The van der Waals surface area contributed by atoms with Gasteiger partial charge in [-0.15, -0.1) is 0 Å². The molecule has 1 aliphatic rings. The third-order valence-electron chi connectivity index (χ3n) is 3.85. The van der Waals surface area contributed by atoms with E-state index in [0.717, 1.165) is 15.4 Å². The van der Waals surface area contributed by atoms with E-state index in [2.05, 4.69) is 21.2 Å². The first kappa shape index (κ1) is 14.5. The average molecular weight is 357 g/mol. The maximum Gasteiger partial charge on any atom is 0.268 e. The number of benzene rings is 1. The lowest BCUT2D eigenvalue weighted by Gasteiger charge is -2.35. The highest BCUT2D eigenvalue weighted by Gasteiger charge is 2.46. The second-order valence-electron chi connectivity index (χ2n) is 5.39. The molecule has 1 heterocycles. The molecule has 21 heavy (non-hydrogen) atoms. The van der Waals surface area contributed by atoms with E-state index < -0.39 is 12.0 Å². The Morgan fingerprint density at radius 3 is 2.81 bits per heavy atom. The maximum atomic E-state index is 12.8. The Bertz CT molecular complexity index is 703. The molecular formula is C15H15BrF2N2O. The lowest BCUT2D eigenvalue weighted by Crippen LogP contribution is -2.50. The molecule has 1 aromatic heterocycles. The van der Waals surface area contributed by atoms with Gasteiger partial charge in [0.05, 0.1) is 5.52 Å². The average Bonchev–Trinajstić information content (AvgIpc) is 2.76. The number of alkyl halides is 2. The van der Waals surface area contributed by atoms with Crippen LogP contribution in [0.5, 0.6) is 0 Å². The zero-order valence-corrected chi connectivity index (χ0v) is 13.1. The molecule has 1 aliphatic carbocycles. The summed E-state index contributed by atoms with van der Waals surface area (Å²) < 4.78 is 28.5. The number of para-hydroxylation sites is 1. The number of halogens is 3. The third-order valence-corrected chi connectivity index (χ3v) is 4.48. The maximum absolute atomic E-state index is 12.8. The zero-order valence-electron chi connectivity index (χ0n) is 11.5. The molecule has 112 valence electrons. The quantitative estimate of drug-likeness (QED) is 0.887. The number of hydrogen-bond acceptors (Lipinski definition) is 1. The van der Waals surface area contributed by atoms with Crippen LogP contribution in [-0.2, 0) is 6.54 Å². The van der Waals surface area contributed by atoms with Gasteiger partial charge in [-0.05, 0) is 35.0 Å². The van der Waals surface area contributed by atoms with Crippen LogP contribution in [0.3, 0.4) is 0 Å². The van der Waals surface area contributed by atoms with E-state index in [1.807, 2.05) is 29.7 Å². The third kappa shape index (κ3) is 2.57. The first-order valence-corrected chi connectivity index (χ1v) is 7.67. The van der Waals surface area contributed by atoms with Crippen molar-refractivity contribution in [3.8, 4) is 0 Å². The number of fused-ring (bicyclic) bond motifs is 1. The van der Waals surface area contributed by atoms with Crippen LogP contribution < -0.4 is 5.32 Å². The van der Waals surface area contributed by atoms with Crippen molar-refractivity contribution >= 4 is 32.7 Å². The van der Waals surface area contributed by atoms with Gasteiger partial charge in [-0.3, -0.25) is 4.79 Å². The highest BCUT2D eigenvalue weighted by molar-refractivity contribution is 9.10. The van der Waals surface area contributed by atoms with Crippen molar-refractivity contribution in [3.05, 3.63) is 34.4 Å². The molecule has 1 saturated carbocycles. The van der Waals surface area contributed by atoms with Crippen molar-refractivity contribution in [2.45, 2.75) is 38.3 Å². The van der Waals surface area contributed by atoms with Gasteiger partial charge in [0.25, 0.3) is 11.8 Å². The summed E-state index contributed by atoms with van der Waals surface area (Å²) in [4.78, 5) is 12.3. The predicted octanol–water partition coefficient (Wildman–Crippen LogP) is 3.95. The Balaban J connectivity index is 1.90. The van der Waals surface area contributed by atoms with Crippen LogP contribution in [-0.4, -0.2) is 22.4 Å². The topological polar surface area (TPSA) is 34.0 Å². The van der Waals surface area contributed by atoms with E-state index in [-0.39, 0.29) is 18.7 Å². The van der Waals surface area contributed by atoms with Crippen LogP contribution in [0.15, 0.2) is 28.7 Å². The second kappa shape index (κ2) is 5.09. The SMILES string of the molecule is CCn1c(C(=O)NC2CC(F)(F)C2)cc2cccc(Br)c21. The molecule has 1 amide bonds. The molecule has 0 spiro atoms. The van der Waals surface area contributed by atoms with Crippen molar-refractivity contribution in [2.24, 2.45) is 0 Å². The minimum Gasteiger partial charge on any atom is -0.348 e. The monoisotopic (exact) mass is 356 g/mol. The lowest BCUT2D eigenvalue weighted by molar-refractivity contribution is -0.0901. The fourth-order valence-electron chi connectivity index (χ4n) is 2.82. The Morgan fingerprint density at radius 1 is 1.48 bits per heavy atom. The van der Waals surface area contributed by atoms with E-state index in [4.69, 9.17) is 0 Å². The van der Waals surface area contributed by atoms with Crippen LogP contribution in [0.25, 0.3) is 10.9 Å². The van der Waals surface area contributed by atoms with Gasteiger partial charge in [-0.2, -0.15) is 0 Å². The predicted molar refractivity (Wildman–Crippen MR) is 80.7 cm³/mol. The smallest absolute Gasteiger partial charge is 0.268 e. The first-order chi connectivity index (χ1) is 9.91. The van der Waals surface area contributed by atoms with Gasteiger partial charge in [0.1, 0.15) is 5.69 Å². The van der Waals surface area contributed by atoms with Crippen molar-refractivity contribution in [1.29, 1.82) is 0 Å². The molecule has 6 heteroatoms. The molecule has 0 saturated heterocycles. The fourth-order valence-corrected chi connectivity index (χ4v) is 3.41. The highest BCUT2D eigenvalue weighted by atomic mass is 79.9. The van der Waals surface area contributed by atoms with E-state index in [0.29, 0.717) is 12.2 Å². The lowest BCUT2D eigenvalue weighted by atomic mass is 9.88. The Hall–Kier alpha value is -1.43. The summed E-state index contributed by atoms with van der Waals surface area (Å²) >= 11 is 3.49. The largest absolute Gasteiger partial charge is 0.348 e. The van der Waals surface area contributed by atoms with Crippen molar-refractivity contribution in [2.75, 3.05) is 0 Å². The van der Waals surface area contributed by atoms with E-state index in [1.165, 1.54) is 0 Å². The van der Waals surface area contributed by atoms with Gasteiger partial charge < -0.3 is 9.88 Å². The summed E-state index contributed by atoms with van der Waals surface area (Å²) in [5, 5.41) is 3.64. The van der Waals surface area contributed by atoms with Crippen molar-refractivity contribution < 1.29 is 13.6 Å². The fraction of sp³-hybridized carbons (Fsp3) is 0.400. The molecular weight excluding hydrogens is 342 g/mol. The standard InChI is InChI=1S/C15H15BrF2N2O/c1-2-20-12(6-9-4-3-5-11(16)13(9)20)14(21)19-10-7-15(17,18)8-10/h3-6,10H,2,7-8H2,1H3,(H,19,21). The summed E-state index contributed by atoms with van der Waals surface area (Å²) in [6, 6.07) is 7.12. The summed E-state index contributed by atoms with van der Waals surface area (Å²) in [7, 11) is 0. The van der Waals surface area contributed by atoms with E-state index in [9.17, 15) is 13.6 Å². The molecule has 2 aromatic rings. The van der Waals surface area contributed by atoms with Gasteiger partial charge in [-0.25, -0.2) is 8.78 Å². The molecule has 0 aliphatic heterocycles. The number of aryl methyl sites for hydroxylation is 1. The molecule has 3 nitrogen and oxygen atoms in total. The van der Waals surface area contributed by atoms with Gasteiger partial charge in [0.2, 0.25) is 0 Å². The van der Waals surface area contributed by atoms with Gasteiger partial charge in [0, 0.05) is 35.3 Å². The first-order valence-electron chi connectivity index (χ1n) is 6.88. The number of carbonyl (C=O) groups excluding carboxylic acids is 1. The Labute approximate surface area is 129 Å². The number of carbonyl (C=O) groups is 1. The number of aromatic nitrogens is 1. The van der Waals surface area contributed by atoms with Crippen LogP contribution >= 0.6 is 15.9 Å². The van der Waals surface area contributed by atoms with E-state index >= 15 is 0 Å². The van der Waals surface area contributed by atoms with Crippen LogP contribution in [0.4, 0.5) is 8.78 Å². The molecule has 1 fully saturated rings. The van der Waals surface area contributed by atoms with Crippen LogP contribution in [0.2, 0.25) is 0 Å². The summed E-state index contributed by atoms with van der Waals surface area (Å²) in [6.07, 6.45) is -0.538. The summed E-state index contributed by atoms with van der Waals surface area (Å²) in [5.74, 6) is -2.92. The summed E-state index contributed by atoms with van der Waals surface area (Å²) in [6.45, 7) is 2.59. The molecule has 0 unspecified atom stereocenters. The minimum atomic E-state index is -2.63. The molecule has 1 N–H and O–H groups in total. The summed E-state index contributed by atoms with van der Waals surface area (Å²) in [5.41, 5.74) is 1.46. The highest BCUT2D eigenvalue weighted by Crippen LogP contribution is 2.37. The molecule has 0 atom stereocenters. The van der Waals surface area contributed by atoms with Gasteiger partial charge in [0.15, 0.2) is 0 Å². The molecule has 0 bridgehead atoms. The number of rotatable bonds is 3. The van der Waals surface area contributed by atoms with Gasteiger partial charge in [-0.1, -0.05) is 12.1 Å². The van der Waals surface area contributed by atoms with E-state index in [1.54, 1.807) is 6.07 Å². The molecule has 0 radical (unpaired) electrons. The minimum absolute atomic E-state index is 0.269. The molecule has 1 aromatic carbocycles. The molecule has 3 rings (SSSR count). The zero-order chi connectivity index (χ0) is 15.2. The Morgan fingerprint density at radius 2 is 2.19 bits per heavy atom. The van der Waals surface area contributed by atoms with Crippen molar-refractivity contribution in [1.82, 2.24) is 9.88 Å². The number of nitrogens with zero attached hydrogens (tertiary/aromatic N) is 1. The number of hydrogen-bond donors (Lipinski definition) is 1. The van der Waals surface area contributed by atoms with Crippen LogP contribution in [0.1, 0.15) is 30.3 Å². The number of amides is 1. The second-order valence-corrected chi connectivity index (χ2v) is 6.24. The Kier molecular flexibility index (Phi) is 3.51. The normalized spacial score (nSPS) is 17.7. The van der Waals surface area contributed by atoms with Crippen molar-refractivity contribution in [3.63, 3.8) is 0 Å². The van der Waals surface area contributed by atoms with Crippen LogP contribution in [0, 0.1) is 0 Å². The number of nitrogens with one attached hydrogen (secondary N) is 1.